The van der Waals surface area contributed by atoms with Gasteiger partial charge in [-0.05, 0) is 92.9 Å². The summed E-state index contributed by atoms with van der Waals surface area (Å²) in [4.78, 5) is 44.6. The highest BCUT2D eigenvalue weighted by molar-refractivity contribution is 5.97. The molecule has 3 aliphatic heterocycles. The number of nitrogens with zero attached hydrogens (tertiary/aromatic N) is 2. The monoisotopic (exact) mass is 684 g/mol. The minimum Gasteiger partial charge on any atom is -0.458 e. The van der Waals surface area contributed by atoms with Gasteiger partial charge in [-0.15, -0.1) is 0 Å². The third kappa shape index (κ3) is 9.07. The number of carbonyl (C=O) groups is 3. The Morgan fingerprint density at radius 3 is 2.35 bits per heavy atom. The van der Waals surface area contributed by atoms with E-state index in [1.54, 1.807) is 26.0 Å². The number of likely N-dealkylation sites (N-methyl/N-ethyl adjacent to an activating group) is 1. The summed E-state index contributed by atoms with van der Waals surface area (Å²) in [5.74, 6) is -1.71. The van der Waals surface area contributed by atoms with Crippen molar-refractivity contribution in [2.45, 2.75) is 147 Å². The summed E-state index contributed by atoms with van der Waals surface area (Å²) >= 11 is 0. The lowest BCUT2D eigenvalue weighted by Gasteiger charge is -2.47. The van der Waals surface area contributed by atoms with E-state index in [0.29, 0.717) is 32.5 Å². The van der Waals surface area contributed by atoms with Gasteiger partial charge in [-0.1, -0.05) is 20.8 Å². The summed E-state index contributed by atoms with van der Waals surface area (Å²) in [6.45, 7) is 15.2. The van der Waals surface area contributed by atoms with Crippen LogP contribution in [0.2, 0.25) is 0 Å². The van der Waals surface area contributed by atoms with Crippen LogP contribution in [0.1, 0.15) is 87.0 Å². The molecular formula is C35H64N4O9. The van der Waals surface area contributed by atoms with Gasteiger partial charge in [-0.3, -0.25) is 14.5 Å². The topological polar surface area (TPSA) is 151 Å². The molecule has 0 aliphatic carbocycles. The number of ether oxygens (including phenoxy) is 6. The molecule has 0 spiro atoms. The summed E-state index contributed by atoms with van der Waals surface area (Å²) in [7, 11) is 7.26. The molecule has 0 saturated carbocycles. The predicted octanol–water partition coefficient (Wildman–Crippen LogP) is 3.11. The van der Waals surface area contributed by atoms with Gasteiger partial charge in [0.25, 0.3) is 0 Å². The maximum absolute atomic E-state index is 14.0. The fourth-order valence-corrected chi connectivity index (χ4v) is 8.10. The Balaban J connectivity index is 2.01. The van der Waals surface area contributed by atoms with Crippen molar-refractivity contribution in [2.75, 3.05) is 47.9 Å². The molecule has 1 amide bonds. The summed E-state index contributed by atoms with van der Waals surface area (Å²) in [5, 5.41) is 3.66. The van der Waals surface area contributed by atoms with Crippen LogP contribution in [0.25, 0.3) is 0 Å². The van der Waals surface area contributed by atoms with E-state index in [0.717, 1.165) is 19.3 Å². The number of nitrogens with two attached hydrogens (primary N) is 1. The largest absolute Gasteiger partial charge is 0.458 e. The van der Waals surface area contributed by atoms with Gasteiger partial charge in [0, 0.05) is 38.8 Å². The first kappa shape index (κ1) is 40.6. The van der Waals surface area contributed by atoms with Crippen LogP contribution in [0.5, 0.6) is 0 Å². The number of fused-ring (bicyclic) bond motifs is 1. The van der Waals surface area contributed by atoms with E-state index in [9.17, 15) is 14.4 Å². The van der Waals surface area contributed by atoms with Crippen molar-refractivity contribution in [3.63, 3.8) is 0 Å². The van der Waals surface area contributed by atoms with Crippen LogP contribution in [0.4, 0.5) is 4.79 Å². The SMILES string of the molecule is CC[C@H]1OC(=O)CC(=O)[C@H](C)[C@@H](O[C@@H]2O[C@H](C)CC(N(C)C)C2OC)[C@](C)(OC)C[C@@H](C)CN[C@H](C)[C@H]2N(CCCCN)C(=O)O[C@]12C. The molecule has 13 nitrogen and oxygen atoms in total. The van der Waals surface area contributed by atoms with E-state index in [1.807, 2.05) is 48.7 Å². The molecule has 278 valence electrons. The molecule has 2 unspecified atom stereocenters. The van der Waals surface area contributed by atoms with Gasteiger partial charge in [-0.2, -0.15) is 0 Å². The van der Waals surface area contributed by atoms with Crippen molar-refractivity contribution >= 4 is 17.8 Å². The maximum Gasteiger partial charge on any atom is 0.410 e. The predicted molar refractivity (Wildman–Crippen MR) is 181 cm³/mol. The lowest BCUT2D eigenvalue weighted by molar-refractivity contribution is -0.299. The Morgan fingerprint density at radius 2 is 1.77 bits per heavy atom. The van der Waals surface area contributed by atoms with Crippen LogP contribution >= 0.6 is 0 Å². The van der Waals surface area contributed by atoms with Crippen molar-refractivity contribution in [1.29, 1.82) is 0 Å². The summed E-state index contributed by atoms with van der Waals surface area (Å²) in [5.41, 5.74) is 3.66. The van der Waals surface area contributed by atoms with Crippen LogP contribution in [-0.2, 0) is 38.0 Å². The first-order valence-electron chi connectivity index (χ1n) is 17.8. The van der Waals surface area contributed by atoms with Gasteiger partial charge >= 0.3 is 12.1 Å². The molecule has 3 fully saturated rings. The lowest BCUT2D eigenvalue weighted by atomic mass is 9.80. The van der Waals surface area contributed by atoms with Gasteiger partial charge in [0.1, 0.15) is 24.4 Å². The number of cyclic esters (lactones) is 1. The Labute approximate surface area is 288 Å². The van der Waals surface area contributed by atoms with Crippen LogP contribution in [0, 0.1) is 11.8 Å². The normalized spacial score (nSPS) is 40.6. The van der Waals surface area contributed by atoms with Crippen LogP contribution in [0.15, 0.2) is 0 Å². The number of carbonyl (C=O) groups excluding carboxylic acids is 3. The second-order valence-corrected chi connectivity index (χ2v) is 14.9. The molecule has 0 aromatic rings. The number of ketones is 1. The fraction of sp³-hybridized carbons (Fsp3) is 0.914. The zero-order chi connectivity index (χ0) is 36.0. The average molecular weight is 685 g/mol. The van der Waals surface area contributed by atoms with Crippen LogP contribution < -0.4 is 11.1 Å². The third-order valence-corrected chi connectivity index (χ3v) is 10.8. The number of esters is 1. The van der Waals surface area contributed by atoms with Crippen molar-refractivity contribution in [3.05, 3.63) is 0 Å². The molecule has 3 aliphatic rings. The minimum absolute atomic E-state index is 0.0289. The van der Waals surface area contributed by atoms with Gasteiger partial charge in [0.05, 0.1) is 23.9 Å². The van der Waals surface area contributed by atoms with Gasteiger partial charge < -0.3 is 44.4 Å². The molecule has 0 bridgehead atoms. The number of rotatable bonds is 10. The van der Waals surface area contributed by atoms with Crippen molar-refractivity contribution in [2.24, 2.45) is 17.6 Å². The van der Waals surface area contributed by atoms with Crippen molar-refractivity contribution < 1.29 is 42.8 Å². The van der Waals surface area contributed by atoms with E-state index in [2.05, 4.69) is 17.1 Å². The first-order valence-corrected chi connectivity index (χ1v) is 17.8. The standard InChI is InChI=1S/C35H64N4O9/c1-12-27-35(7)30(39(33(42)48-35)16-14-13-15-36)24(5)37-20-21(2)19-34(6,44-11)31(23(4)26(40)18-28(41)46-27)47-32-29(43-10)25(38(8)9)17-22(3)45-32/h21-25,27,29-32,37H,12-20,36H2,1-11H3/t21-,22-,23+,24-,25?,27-,29?,30-,31-,32+,34-,35-/m1/s1. The lowest BCUT2D eigenvalue weighted by Crippen LogP contribution is -2.60. The molecule has 3 rings (SSSR count). The Morgan fingerprint density at radius 1 is 1.08 bits per heavy atom. The number of nitrogens with one attached hydrogen (secondary N) is 1. The summed E-state index contributed by atoms with van der Waals surface area (Å²) in [6.07, 6.45) is -0.576. The Bertz CT molecular complexity index is 1080. The van der Waals surface area contributed by atoms with E-state index >= 15 is 0 Å². The smallest absolute Gasteiger partial charge is 0.410 e. The summed E-state index contributed by atoms with van der Waals surface area (Å²) < 4.78 is 37.4. The highest BCUT2D eigenvalue weighted by Crippen LogP contribution is 2.39. The molecule has 3 heterocycles. The van der Waals surface area contributed by atoms with Crippen LogP contribution in [0.3, 0.4) is 0 Å². The zero-order valence-corrected chi connectivity index (χ0v) is 31.3. The highest BCUT2D eigenvalue weighted by atomic mass is 16.7. The first-order chi connectivity index (χ1) is 22.6. The van der Waals surface area contributed by atoms with Gasteiger partial charge in [-0.25, -0.2) is 4.79 Å². The Kier molecular flexibility index (Phi) is 14.7. The molecule has 3 N–H and O–H groups in total. The highest BCUT2D eigenvalue weighted by Gasteiger charge is 2.58. The van der Waals surface area contributed by atoms with Crippen LogP contribution in [-0.4, -0.2) is 136 Å². The third-order valence-electron chi connectivity index (χ3n) is 10.8. The molecule has 0 aromatic carbocycles. The molecule has 13 heteroatoms. The Hall–Kier alpha value is -1.87. The number of unbranched alkanes of at least 4 members (excludes halogenated alkanes) is 1. The number of methoxy groups -OCH3 is 2. The zero-order valence-electron chi connectivity index (χ0n) is 31.3. The molecule has 12 atom stereocenters. The number of amides is 1. The molecule has 0 aromatic heterocycles. The van der Waals surface area contributed by atoms with E-state index in [1.165, 1.54) is 0 Å². The number of Topliss-reactive ketones (excluding diaryl/α,β-unsaturated/α-hetero) is 1. The second-order valence-electron chi connectivity index (χ2n) is 14.9. The van der Waals surface area contributed by atoms with E-state index in [4.69, 9.17) is 34.2 Å². The number of hydrogen-bond acceptors (Lipinski definition) is 12. The molecule has 0 radical (unpaired) electrons. The van der Waals surface area contributed by atoms with Gasteiger partial charge in [0.2, 0.25) is 0 Å². The maximum atomic E-state index is 14.0. The fourth-order valence-electron chi connectivity index (χ4n) is 8.10. The van der Waals surface area contributed by atoms with E-state index in [-0.39, 0.29) is 29.9 Å². The molecule has 3 saturated heterocycles. The molecular weight excluding hydrogens is 620 g/mol. The second kappa shape index (κ2) is 17.4. The average Bonchev–Trinajstić information content (AvgIpc) is 3.29. The molecule has 48 heavy (non-hydrogen) atoms. The number of hydrogen-bond donors (Lipinski definition) is 2. The van der Waals surface area contributed by atoms with E-state index < -0.39 is 66.2 Å². The quantitative estimate of drug-likeness (QED) is 0.198. The minimum atomic E-state index is -1.14. The summed E-state index contributed by atoms with van der Waals surface area (Å²) in [6, 6.07) is -0.622. The van der Waals surface area contributed by atoms with Crippen molar-refractivity contribution in [1.82, 2.24) is 15.1 Å². The van der Waals surface area contributed by atoms with Crippen molar-refractivity contribution in [3.8, 4) is 0 Å². The van der Waals surface area contributed by atoms with Gasteiger partial charge in [0.15, 0.2) is 11.9 Å².